The van der Waals surface area contributed by atoms with Crippen molar-refractivity contribution in [3.05, 3.63) is 12.2 Å². The molecule has 0 spiro atoms. The molecule has 2 saturated carbocycles. The van der Waals surface area contributed by atoms with Crippen molar-refractivity contribution in [1.82, 2.24) is 4.90 Å². The molecule has 3 fully saturated rings. The summed E-state index contributed by atoms with van der Waals surface area (Å²) in [7, 11) is 0. The molecule has 0 N–H and O–H groups in total. The van der Waals surface area contributed by atoms with Gasteiger partial charge in [-0.05, 0) is 48.4 Å². The molecule has 3 rings (SSSR count). The molecule has 2 bridgehead atoms. The fourth-order valence-corrected chi connectivity index (χ4v) is 4.95. The van der Waals surface area contributed by atoms with Crippen molar-refractivity contribution in [2.24, 2.45) is 16.7 Å². The van der Waals surface area contributed by atoms with Crippen LogP contribution in [0.5, 0.6) is 0 Å². The molecule has 1 aliphatic heterocycles. The third kappa shape index (κ3) is 1.51. The summed E-state index contributed by atoms with van der Waals surface area (Å²) < 4.78 is 5.94. The Morgan fingerprint density at radius 3 is 2.85 bits per heavy atom. The third-order valence-electron chi connectivity index (χ3n) is 6.18. The van der Waals surface area contributed by atoms with Crippen LogP contribution in [0.3, 0.4) is 0 Å². The molecule has 1 heterocycles. The zero-order valence-electron chi connectivity index (χ0n) is 12.7. The number of amides is 1. The maximum absolute atomic E-state index is 12.5. The fourth-order valence-electron chi connectivity index (χ4n) is 4.64. The monoisotopic (exact) mass is 293 g/mol. The van der Waals surface area contributed by atoms with Gasteiger partial charge in [0.1, 0.15) is 6.10 Å². The third-order valence-corrected chi connectivity index (χ3v) is 6.47. The van der Waals surface area contributed by atoms with Crippen molar-refractivity contribution in [2.45, 2.75) is 59.1 Å². The highest BCUT2D eigenvalue weighted by Crippen LogP contribution is 2.68. The Hall–Kier alpha value is -0.900. The van der Waals surface area contributed by atoms with Gasteiger partial charge < -0.3 is 4.74 Å². The van der Waals surface area contributed by atoms with Gasteiger partial charge in [-0.25, -0.2) is 0 Å². The predicted molar refractivity (Wildman–Crippen MR) is 82.1 cm³/mol. The molecule has 1 amide bonds. The zero-order valence-corrected chi connectivity index (χ0v) is 13.5. The quantitative estimate of drug-likeness (QED) is 0.578. The van der Waals surface area contributed by atoms with E-state index >= 15 is 0 Å². The van der Waals surface area contributed by atoms with Crippen LogP contribution in [-0.2, 0) is 9.53 Å². The molecular weight excluding hydrogens is 270 g/mol. The van der Waals surface area contributed by atoms with E-state index in [9.17, 15) is 4.79 Å². The molecule has 3 nitrogen and oxygen atoms in total. The van der Waals surface area contributed by atoms with Gasteiger partial charge in [0.15, 0.2) is 0 Å². The van der Waals surface area contributed by atoms with Crippen LogP contribution in [0.1, 0.15) is 47.0 Å². The molecule has 110 valence electrons. The van der Waals surface area contributed by atoms with E-state index in [2.05, 4.69) is 20.8 Å². The van der Waals surface area contributed by atoms with Gasteiger partial charge in [-0.3, -0.25) is 9.69 Å². The number of hydrogen-bond acceptors (Lipinski definition) is 3. The van der Waals surface area contributed by atoms with E-state index in [-0.39, 0.29) is 28.9 Å². The Kier molecular flexibility index (Phi) is 3.02. The average molecular weight is 293 g/mol. The smallest absolute Gasteiger partial charge is 0.267 e. The number of hydrogen-bond donors (Lipinski definition) is 0. The van der Waals surface area contributed by atoms with Crippen molar-refractivity contribution < 1.29 is 9.53 Å². The molecular formula is C16H23NO2S. The highest BCUT2D eigenvalue weighted by atomic mass is 32.1. The maximum atomic E-state index is 12.5. The summed E-state index contributed by atoms with van der Waals surface area (Å²) in [6, 6.07) is 0.109. The van der Waals surface area contributed by atoms with Gasteiger partial charge in [-0.1, -0.05) is 33.8 Å². The molecule has 0 radical (unpaired) electrons. The van der Waals surface area contributed by atoms with Gasteiger partial charge in [0, 0.05) is 5.92 Å². The van der Waals surface area contributed by atoms with Crippen LogP contribution in [0.4, 0.5) is 0 Å². The van der Waals surface area contributed by atoms with Crippen LogP contribution >= 0.6 is 12.2 Å². The topological polar surface area (TPSA) is 29.5 Å². The van der Waals surface area contributed by atoms with Gasteiger partial charge in [-0.15, -0.1) is 0 Å². The number of carbonyl (C=O) groups is 1. The number of allylic oxidation sites excluding steroid dienone is 1. The molecule has 20 heavy (non-hydrogen) atoms. The lowest BCUT2D eigenvalue weighted by atomic mass is 9.69. The van der Waals surface area contributed by atoms with E-state index in [1.807, 2.05) is 13.0 Å². The number of rotatable bonds is 2. The second kappa shape index (κ2) is 4.30. The fraction of sp³-hybridized carbons (Fsp3) is 0.750. The molecule has 1 saturated heterocycles. The Morgan fingerprint density at radius 2 is 2.20 bits per heavy atom. The molecule has 0 aromatic rings. The van der Waals surface area contributed by atoms with E-state index in [1.54, 1.807) is 11.0 Å². The number of fused-ring (bicyclic) bond motifs is 5. The Labute approximate surface area is 126 Å². The van der Waals surface area contributed by atoms with E-state index in [4.69, 9.17) is 17.0 Å². The second-order valence-corrected chi connectivity index (χ2v) is 7.45. The minimum atomic E-state index is -0.0195. The minimum absolute atomic E-state index is 0.0195. The van der Waals surface area contributed by atoms with E-state index in [0.29, 0.717) is 11.1 Å². The van der Waals surface area contributed by atoms with Crippen LogP contribution in [-0.4, -0.2) is 28.1 Å². The van der Waals surface area contributed by atoms with Gasteiger partial charge in [0.05, 0.1) is 6.04 Å². The summed E-state index contributed by atoms with van der Waals surface area (Å²) in [5.41, 5.74) is 0.296. The second-order valence-electron chi connectivity index (χ2n) is 7.10. The summed E-state index contributed by atoms with van der Waals surface area (Å²) in [5.74, 6) is 0.484. The van der Waals surface area contributed by atoms with Gasteiger partial charge in [0.25, 0.3) is 11.1 Å². The molecule has 3 aliphatic rings. The lowest BCUT2D eigenvalue weighted by Gasteiger charge is -2.40. The molecule has 4 atom stereocenters. The summed E-state index contributed by atoms with van der Waals surface area (Å²) in [6.07, 6.45) is 6.81. The number of carbonyl (C=O) groups excluding carboxylic acids is 1. The summed E-state index contributed by atoms with van der Waals surface area (Å²) >= 11 is 5.33. The molecule has 0 aromatic carbocycles. The van der Waals surface area contributed by atoms with Crippen LogP contribution in [0.15, 0.2) is 12.2 Å². The standard InChI is InChI=1S/C16H23NO2S/c1-5-6-7-11(18)17-13-12(19-14(17)20)10-8-9-16(13,4)15(10,2)3/h6-7,10,12-13H,5,8-9H2,1-4H3/b7-6+/t10?,12-,13-,16+/m1/s1. The van der Waals surface area contributed by atoms with E-state index in [1.165, 1.54) is 6.42 Å². The van der Waals surface area contributed by atoms with Crippen LogP contribution < -0.4 is 0 Å². The Morgan fingerprint density at radius 1 is 1.50 bits per heavy atom. The molecule has 1 unspecified atom stereocenters. The average Bonchev–Trinajstić information content (AvgIpc) is 2.88. The summed E-state index contributed by atoms with van der Waals surface area (Å²) in [4.78, 5) is 14.2. The predicted octanol–water partition coefficient (Wildman–Crippen LogP) is 3.29. The van der Waals surface area contributed by atoms with Crippen molar-refractivity contribution >= 4 is 23.3 Å². The largest absolute Gasteiger partial charge is 0.465 e. The van der Waals surface area contributed by atoms with Gasteiger partial charge in [-0.2, -0.15) is 0 Å². The molecule has 0 aromatic heterocycles. The summed E-state index contributed by atoms with van der Waals surface area (Å²) in [6.45, 7) is 8.96. The Bertz CT molecular complexity index is 499. The number of nitrogens with zero attached hydrogens (tertiary/aromatic N) is 1. The summed E-state index contributed by atoms with van der Waals surface area (Å²) in [5, 5.41) is 0.374. The van der Waals surface area contributed by atoms with E-state index in [0.717, 1.165) is 12.8 Å². The number of ether oxygens (including phenoxy) is 1. The lowest BCUT2D eigenvalue weighted by molar-refractivity contribution is -0.125. The first-order valence-corrected chi connectivity index (χ1v) is 7.95. The highest BCUT2D eigenvalue weighted by molar-refractivity contribution is 7.80. The van der Waals surface area contributed by atoms with E-state index < -0.39 is 0 Å². The number of thiocarbonyl (C=S) groups is 1. The van der Waals surface area contributed by atoms with Gasteiger partial charge >= 0.3 is 0 Å². The van der Waals surface area contributed by atoms with Crippen molar-refractivity contribution in [3.8, 4) is 0 Å². The first kappa shape index (κ1) is 14.1. The van der Waals surface area contributed by atoms with Gasteiger partial charge in [0.2, 0.25) is 0 Å². The first-order valence-electron chi connectivity index (χ1n) is 7.55. The molecule has 2 aliphatic carbocycles. The van der Waals surface area contributed by atoms with Crippen LogP contribution in [0.25, 0.3) is 0 Å². The van der Waals surface area contributed by atoms with Crippen molar-refractivity contribution in [3.63, 3.8) is 0 Å². The highest BCUT2D eigenvalue weighted by Gasteiger charge is 2.72. The van der Waals surface area contributed by atoms with Crippen LogP contribution in [0, 0.1) is 16.7 Å². The zero-order chi connectivity index (χ0) is 14.7. The first-order chi connectivity index (χ1) is 9.34. The maximum Gasteiger partial charge on any atom is 0.267 e. The van der Waals surface area contributed by atoms with Crippen LogP contribution in [0.2, 0.25) is 0 Å². The van der Waals surface area contributed by atoms with Crippen molar-refractivity contribution in [1.29, 1.82) is 0 Å². The normalized spacial score (nSPS) is 41.3. The minimum Gasteiger partial charge on any atom is -0.465 e. The Balaban J connectivity index is 1.97. The molecule has 4 heteroatoms. The SMILES string of the molecule is CC/C=C/C(=O)N1C(=S)O[C@@H]2C3CC[C@@](C)([C@@H]21)C3(C)C. The van der Waals surface area contributed by atoms with Crippen molar-refractivity contribution in [2.75, 3.05) is 0 Å². The lowest BCUT2D eigenvalue weighted by Crippen LogP contribution is -2.49.